The average Bonchev–Trinajstić information content (AvgIpc) is 2.75. The van der Waals surface area contributed by atoms with E-state index in [4.69, 9.17) is 0 Å². The first kappa shape index (κ1) is 14.1. The van der Waals surface area contributed by atoms with Crippen molar-refractivity contribution in [2.24, 2.45) is 0 Å². The molecule has 0 unspecified atom stereocenters. The molecule has 3 N–H and O–H groups in total. The van der Waals surface area contributed by atoms with Crippen LogP contribution in [0.15, 0.2) is 35.4 Å². The molecule has 0 bridgehead atoms. The van der Waals surface area contributed by atoms with Crippen LogP contribution < -0.4 is 10.0 Å². The smallest absolute Gasteiger partial charge is 0.265 e. The lowest BCUT2D eigenvalue weighted by atomic mass is 10.3. The molecule has 0 radical (unpaired) electrons. The highest BCUT2D eigenvalue weighted by Crippen LogP contribution is 2.20. The Morgan fingerprint density at radius 1 is 1.30 bits per heavy atom. The number of aryl methyl sites for hydroxylation is 1. The molecule has 1 heterocycles. The van der Waals surface area contributed by atoms with Crippen molar-refractivity contribution in [1.82, 2.24) is 10.2 Å². The van der Waals surface area contributed by atoms with Crippen LogP contribution in [-0.4, -0.2) is 24.5 Å². The van der Waals surface area contributed by atoms with Crippen molar-refractivity contribution in [3.63, 3.8) is 0 Å². The van der Waals surface area contributed by atoms with E-state index < -0.39 is 10.0 Å². The first-order chi connectivity index (χ1) is 9.38. The number of aromatic nitrogens is 2. The minimum Gasteiger partial charge on any atom is -0.326 e. The summed E-state index contributed by atoms with van der Waals surface area (Å²) < 4.78 is 26.8. The third-order valence-corrected chi connectivity index (χ3v) is 4.00. The van der Waals surface area contributed by atoms with Gasteiger partial charge >= 0.3 is 0 Å². The second-order valence-electron chi connectivity index (χ2n) is 4.23. The van der Waals surface area contributed by atoms with Gasteiger partial charge in [0.25, 0.3) is 10.0 Å². The van der Waals surface area contributed by atoms with E-state index in [0.29, 0.717) is 17.1 Å². The summed E-state index contributed by atoms with van der Waals surface area (Å²) in [5.74, 6) is -0.226. The number of anilines is 2. The number of carbonyl (C=O) groups is 1. The third-order valence-electron chi connectivity index (χ3n) is 2.51. The van der Waals surface area contributed by atoms with Gasteiger partial charge in [-0.3, -0.25) is 14.6 Å². The minimum atomic E-state index is -3.70. The Balaban J connectivity index is 2.26. The molecule has 2 aromatic rings. The number of carbonyl (C=O) groups excluding carboxylic acids is 1. The standard InChI is InChI=1S/C12H14N4O3S/c1-8-12(7-13-15-8)20(18,19)16-11-5-3-4-10(6-11)14-9(2)17/h3-7,16H,1-2H3,(H,13,15)(H,14,17). The predicted octanol–water partition coefficient (Wildman–Crippen LogP) is 1.48. The summed E-state index contributed by atoms with van der Waals surface area (Å²) in [5, 5.41) is 8.84. The Morgan fingerprint density at radius 3 is 2.60 bits per heavy atom. The van der Waals surface area contributed by atoms with E-state index in [1.54, 1.807) is 25.1 Å². The molecule has 0 fully saturated rings. The second kappa shape index (κ2) is 5.33. The summed E-state index contributed by atoms with van der Waals surface area (Å²) in [6.07, 6.45) is 1.25. The lowest BCUT2D eigenvalue weighted by molar-refractivity contribution is -0.114. The maximum absolute atomic E-state index is 12.2. The van der Waals surface area contributed by atoms with Crippen LogP contribution in [0.1, 0.15) is 12.6 Å². The number of benzene rings is 1. The number of nitrogens with zero attached hydrogens (tertiary/aromatic N) is 1. The van der Waals surface area contributed by atoms with Crippen LogP contribution in [0.4, 0.5) is 11.4 Å². The zero-order valence-electron chi connectivity index (χ0n) is 11.0. The number of rotatable bonds is 4. The van der Waals surface area contributed by atoms with E-state index in [2.05, 4.69) is 20.2 Å². The molecule has 0 saturated heterocycles. The number of amides is 1. The van der Waals surface area contributed by atoms with E-state index in [0.717, 1.165) is 0 Å². The Kier molecular flexibility index (Phi) is 3.75. The summed E-state index contributed by atoms with van der Waals surface area (Å²) in [4.78, 5) is 11.1. The molecular weight excluding hydrogens is 280 g/mol. The van der Waals surface area contributed by atoms with Gasteiger partial charge in [0.1, 0.15) is 4.90 Å². The van der Waals surface area contributed by atoms with Crippen molar-refractivity contribution in [2.75, 3.05) is 10.0 Å². The Labute approximate surface area is 116 Å². The zero-order chi connectivity index (χ0) is 14.8. The molecule has 0 aliphatic heterocycles. The normalized spacial score (nSPS) is 11.1. The average molecular weight is 294 g/mol. The molecule has 106 valence electrons. The van der Waals surface area contributed by atoms with E-state index in [1.165, 1.54) is 19.2 Å². The third kappa shape index (κ3) is 3.15. The molecule has 8 heteroatoms. The van der Waals surface area contributed by atoms with Crippen molar-refractivity contribution >= 4 is 27.3 Å². The summed E-state index contributed by atoms with van der Waals surface area (Å²) in [6, 6.07) is 6.44. The maximum Gasteiger partial charge on any atom is 0.265 e. The van der Waals surface area contributed by atoms with E-state index >= 15 is 0 Å². The molecule has 0 aliphatic rings. The van der Waals surface area contributed by atoms with Crippen LogP contribution in [0.3, 0.4) is 0 Å². The number of hydrogen-bond acceptors (Lipinski definition) is 4. The monoisotopic (exact) mass is 294 g/mol. The van der Waals surface area contributed by atoms with Crippen molar-refractivity contribution in [3.8, 4) is 0 Å². The van der Waals surface area contributed by atoms with Crippen molar-refractivity contribution in [3.05, 3.63) is 36.2 Å². The number of H-pyrrole nitrogens is 1. The van der Waals surface area contributed by atoms with Crippen molar-refractivity contribution in [1.29, 1.82) is 0 Å². The summed E-state index contributed by atoms with van der Waals surface area (Å²) in [5.41, 5.74) is 1.33. The lowest BCUT2D eigenvalue weighted by Gasteiger charge is -2.09. The highest BCUT2D eigenvalue weighted by molar-refractivity contribution is 7.92. The topological polar surface area (TPSA) is 104 Å². The molecule has 7 nitrogen and oxygen atoms in total. The molecule has 2 rings (SSSR count). The first-order valence-corrected chi connectivity index (χ1v) is 7.27. The number of aromatic amines is 1. The molecule has 0 spiro atoms. The highest BCUT2D eigenvalue weighted by atomic mass is 32.2. The van der Waals surface area contributed by atoms with Crippen LogP contribution in [0, 0.1) is 6.92 Å². The Hall–Kier alpha value is -2.35. The highest BCUT2D eigenvalue weighted by Gasteiger charge is 2.18. The molecule has 0 atom stereocenters. The SMILES string of the molecule is CC(=O)Nc1cccc(NS(=O)(=O)c2cn[nH]c2C)c1. The molecule has 0 saturated carbocycles. The minimum absolute atomic E-state index is 0.0856. The van der Waals surface area contributed by atoms with Crippen molar-refractivity contribution < 1.29 is 13.2 Å². The van der Waals surface area contributed by atoms with Gasteiger partial charge in [0, 0.05) is 12.6 Å². The Bertz CT molecular complexity index is 737. The van der Waals surface area contributed by atoms with Gasteiger partial charge in [0.2, 0.25) is 5.91 Å². The fraction of sp³-hybridized carbons (Fsp3) is 0.167. The predicted molar refractivity (Wildman–Crippen MR) is 74.9 cm³/mol. The van der Waals surface area contributed by atoms with E-state index in [-0.39, 0.29) is 10.8 Å². The fourth-order valence-electron chi connectivity index (χ4n) is 1.68. The fourth-order valence-corrected chi connectivity index (χ4v) is 2.87. The van der Waals surface area contributed by atoms with Gasteiger partial charge in [-0.2, -0.15) is 5.10 Å². The summed E-state index contributed by atoms with van der Waals surface area (Å²) in [6.45, 7) is 3.00. The Morgan fingerprint density at radius 2 is 2.00 bits per heavy atom. The number of nitrogens with one attached hydrogen (secondary N) is 3. The van der Waals surface area contributed by atoms with Crippen LogP contribution in [0.25, 0.3) is 0 Å². The van der Waals surface area contributed by atoms with E-state index in [9.17, 15) is 13.2 Å². The van der Waals surface area contributed by atoms with E-state index in [1.807, 2.05) is 0 Å². The number of hydrogen-bond donors (Lipinski definition) is 3. The zero-order valence-corrected chi connectivity index (χ0v) is 11.8. The maximum atomic E-state index is 12.2. The van der Waals surface area contributed by atoms with Gasteiger partial charge in [-0.1, -0.05) is 6.07 Å². The van der Waals surface area contributed by atoms with Gasteiger partial charge < -0.3 is 5.32 Å². The van der Waals surface area contributed by atoms with Gasteiger partial charge in [-0.15, -0.1) is 0 Å². The molecule has 20 heavy (non-hydrogen) atoms. The van der Waals surface area contributed by atoms with Gasteiger partial charge in [0.05, 0.1) is 17.6 Å². The lowest BCUT2D eigenvalue weighted by Crippen LogP contribution is -2.14. The number of sulfonamides is 1. The van der Waals surface area contributed by atoms with Gasteiger partial charge in [0.15, 0.2) is 0 Å². The summed E-state index contributed by atoms with van der Waals surface area (Å²) >= 11 is 0. The van der Waals surface area contributed by atoms with Gasteiger partial charge in [-0.25, -0.2) is 8.42 Å². The van der Waals surface area contributed by atoms with Crippen LogP contribution in [-0.2, 0) is 14.8 Å². The first-order valence-electron chi connectivity index (χ1n) is 5.79. The quantitative estimate of drug-likeness (QED) is 0.794. The molecule has 1 aromatic heterocycles. The van der Waals surface area contributed by atoms with Crippen LogP contribution in [0.2, 0.25) is 0 Å². The van der Waals surface area contributed by atoms with Crippen molar-refractivity contribution in [2.45, 2.75) is 18.7 Å². The molecule has 0 aliphatic carbocycles. The molecule has 1 amide bonds. The molecule has 1 aromatic carbocycles. The van der Waals surface area contributed by atoms with Crippen LogP contribution in [0.5, 0.6) is 0 Å². The molecular formula is C12H14N4O3S. The second-order valence-corrected chi connectivity index (χ2v) is 5.88. The largest absolute Gasteiger partial charge is 0.326 e. The van der Waals surface area contributed by atoms with Crippen LogP contribution >= 0.6 is 0 Å². The summed E-state index contributed by atoms with van der Waals surface area (Å²) in [7, 11) is -3.70. The van der Waals surface area contributed by atoms with Gasteiger partial charge in [-0.05, 0) is 25.1 Å².